The van der Waals surface area contributed by atoms with Crippen molar-refractivity contribution in [3.05, 3.63) is 78.6 Å². The van der Waals surface area contributed by atoms with E-state index in [1.54, 1.807) is 18.5 Å². The zero-order chi connectivity index (χ0) is 15.9. The summed E-state index contributed by atoms with van der Waals surface area (Å²) in [6.07, 6.45) is 7.51. The number of aromatic nitrogens is 3. The van der Waals surface area contributed by atoms with Gasteiger partial charge in [0.1, 0.15) is 24.4 Å². The van der Waals surface area contributed by atoms with Crippen LogP contribution in [0, 0.1) is 0 Å². The van der Waals surface area contributed by atoms with Crippen molar-refractivity contribution < 1.29 is 14.3 Å². The monoisotopic (exact) mass is 307 g/mol. The summed E-state index contributed by atoms with van der Waals surface area (Å²) in [5, 5.41) is 0. The Hall–Kier alpha value is -3.28. The molecule has 0 atom stereocenters. The first kappa shape index (κ1) is 14.6. The fourth-order valence-electron chi connectivity index (χ4n) is 1.83. The first-order chi connectivity index (χ1) is 11.3. The second kappa shape index (κ2) is 7.13. The Bertz CT molecular complexity index is 762. The van der Waals surface area contributed by atoms with Crippen LogP contribution in [0.3, 0.4) is 0 Å². The van der Waals surface area contributed by atoms with E-state index in [1.807, 2.05) is 30.3 Å². The van der Waals surface area contributed by atoms with Gasteiger partial charge in [0.15, 0.2) is 0 Å². The zero-order valence-electron chi connectivity index (χ0n) is 12.1. The van der Waals surface area contributed by atoms with Crippen LogP contribution in [0.5, 0.6) is 11.5 Å². The Morgan fingerprint density at radius 3 is 2.39 bits per heavy atom. The van der Waals surface area contributed by atoms with Crippen molar-refractivity contribution in [1.29, 1.82) is 0 Å². The van der Waals surface area contributed by atoms with Crippen LogP contribution in [0.1, 0.15) is 15.9 Å². The molecule has 2 aromatic heterocycles. The Kier molecular flexibility index (Phi) is 4.54. The van der Waals surface area contributed by atoms with E-state index < -0.39 is 5.97 Å². The first-order valence-corrected chi connectivity index (χ1v) is 6.90. The fraction of sp³-hybridized carbons (Fsp3) is 0.0588. The van der Waals surface area contributed by atoms with Gasteiger partial charge >= 0.3 is 5.97 Å². The molecule has 3 aromatic rings. The summed E-state index contributed by atoms with van der Waals surface area (Å²) in [7, 11) is 0. The normalized spacial score (nSPS) is 10.1. The van der Waals surface area contributed by atoms with E-state index in [-0.39, 0.29) is 6.61 Å². The highest BCUT2D eigenvalue weighted by Gasteiger charge is 2.07. The molecule has 0 amide bonds. The molecular formula is C17H13N3O3. The maximum atomic E-state index is 11.8. The highest BCUT2D eigenvalue weighted by atomic mass is 16.5. The third-order valence-electron chi connectivity index (χ3n) is 2.96. The van der Waals surface area contributed by atoms with Gasteiger partial charge in [-0.2, -0.15) is 0 Å². The van der Waals surface area contributed by atoms with Crippen molar-refractivity contribution in [2.75, 3.05) is 0 Å². The zero-order valence-corrected chi connectivity index (χ0v) is 12.1. The van der Waals surface area contributed by atoms with Gasteiger partial charge in [-0.1, -0.05) is 12.1 Å². The molecule has 0 saturated heterocycles. The molecule has 0 aliphatic heterocycles. The van der Waals surface area contributed by atoms with Gasteiger partial charge in [0, 0.05) is 18.6 Å². The van der Waals surface area contributed by atoms with E-state index >= 15 is 0 Å². The molecule has 3 rings (SSSR count). The Balaban J connectivity index is 1.56. The van der Waals surface area contributed by atoms with Crippen molar-refractivity contribution in [3.63, 3.8) is 0 Å². The number of hydrogen-bond acceptors (Lipinski definition) is 6. The minimum absolute atomic E-state index is 0.168. The minimum Gasteiger partial charge on any atom is -0.457 e. The smallest absolute Gasteiger partial charge is 0.341 e. The maximum absolute atomic E-state index is 11.8. The van der Waals surface area contributed by atoms with Crippen molar-refractivity contribution in [3.8, 4) is 11.5 Å². The molecule has 23 heavy (non-hydrogen) atoms. The molecule has 0 radical (unpaired) electrons. The third-order valence-corrected chi connectivity index (χ3v) is 2.96. The Labute approximate surface area is 132 Å². The van der Waals surface area contributed by atoms with Gasteiger partial charge in [-0.3, -0.25) is 4.98 Å². The molecule has 2 heterocycles. The molecule has 0 saturated carbocycles. The van der Waals surface area contributed by atoms with Gasteiger partial charge in [-0.05, 0) is 29.8 Å². The number of benzene rings is 1. The molecule has 114 valence electrons. The van der Waals surface area contributed by atoms with Crippen LogP contribution in [-0.2, 0) is 11.3 Å². The molecule has 0 bridgehead atoms. The third kappa shape index (κ3) is 4.10. The molecular weight excluding hydrogens is 294 g/mol. The average Bonchev–Trinajstić information content (AvgIpc) is 2.62. The standard InChI is InChI=1S/C17H13N3O3/c21-17(14-8-19-12-20-9-14)22-11-13-3-5-15(6-4-13)23-16-2-1-7-18-10-16/h1-10,12H,11H2. The van der Waals surface area contributed by atoms with Crippen LogP contribution in [-0.4, -0.2) is 20.9 Å². The summed E-state index contributed by atoms with van der Waals surface area (Å²) >= 11 is 0. The predicted molar refractivity (Wildman–Crippen MR) is 81.9 cm³/mol. The molecule has 6 nitrogen and oxygen atoms in total. The molecule has 0 aliphatic rings. The Morgan fingerprint density at radius 1 is 0.913 bits per heavy atom. The van der Waals surface area contributed by atoms with E-state index in [0.29, 0.717) is 17.1 Å². The van der Waals surface area contributed by atoms with E-state index in [2.05, 4.69) is 15.0 Å². The molecule has 0 spiro atoms. The average molecular weight is 307 g/mol. The number of nitrogens with zero attached hydrogens (tertiary/aromatic N) is 3. The van der Waals surface area contributed by atoms with Gasteiger partial charge in [-0.15, -0.1) is 0 Å². The number of ether oxygens (including phenoxy) is 2. The van der Waals surface area contributed by atoms with Gasteiger partial charge in [0.05, 0.1) is 11.8 Å². The molecule has 0 fully saturated rings. The lowest BCUT2D eigenvalue weighted by atomic mass is 10.2. The lowest BCUT2D eigenvalue weighted by Gasteiger charge is -2.07. The second-order valence-electron chi connectivity index (χ2n) is 4.64. The van der Waals surface area contributed by atoms with Gasteiger partial charge < -0.3 is 9.47 Å². The number of pyridine rings is 1. The van der Waals surface area contributed by atoms with Crippen LogP contribution in [0.4, 0.5) is 0 Å². The minimum atomic E-state index is -0.457. The molecule has 6 heteroatoms. The largest absolute Gasteiger partial charge is 0.457 e. The molecule has 0 unspecified atom stereocenters. The molecule has 0 N–H and O–H groups in total. The van der Waals surface area contributed by atoms with E-state index in [1.165, 1.54) is 18.7 Å². The molecule has 1 aromatic carbocycles. The number of rotatable bonds is 5. The van der Waals surface area contributed by atoms with Gasteiger partial charge in [-0.25, -0.2) is 14.8 Å². The van der Waals surface area contributed by atoms with Crippen LogP contribution in [0.2, 0.25) is 0 Å². The van der Waals surface area contributed by atoms with Crippen LogP contribution >= 0.6 is 0 Å². The lowest BCUT2D eigenvalue weighted by Crippen LogP contribution is -2.06. The number of carbonyl (C=O) groups excluding carboxylic acids is 1. The van der Waals surface area contributed by atoms with Crippen molar-refractivity contribution in [2.24, 2.45) is 0 Å². The topological polar surface area (TPSA) is 74.2 Å². The summed E-state index contributed by atoms with van der Waals surface area (Å²) in [4.78, 5) is 23.3. The van der Waals surface area contributed by atoms with Gasteiger partial charge in [0.2, 0.25) is 0 Å². The van der Waals surface area contributed by atoms with Crippen LogP contribution in [0.25, 0.3) is 0 Å². The maximum Gasteiger partial charge on any atom is 0.341 e. The molecule has 0 aliphatic carbocycles. The van der Waals surface area contributed by atoms with Crippen molar-refractivity contribution >= 4 is 5.97 Å². The first-order valence-electron chi connectivity index (χ1n) is 6.90. The highest BCUT2D eigenvalue weighted by Crippen LogP contribution is 2.20. The van der Waals surface area contributed by atoms with Crippen LogP contribution in [0.15, 0.2) is 67.5 Å². The quantitative estimate of drug-likeness (QED) is 0.675. The number of carbonyl (C=O) groups is 1. The highest BCUT2D eigenvalue weighted by molar-refractivity contribution is 5.88. The predicted octanol–water partition coefficient (Wildman–Crippen LogP) is 3.02. The van der Waals surface area contributed by atoms with Crippen LogP contribution < -0.4 is 4.74 Å². The summed E-state index contributed by atoms with van der Waals surface area (Å²) < 4.78 is 10.8. The lowest BCUT2D eigenvalue weighted by molar-refractivity contribution is 0.0471. The van der Waals surface area contributed by atoms with E-state index in [0.717, 1.165) is 5.56 Å². The Morgan fingerprint density at radius 2 is 1.70 bits per heavy atom. The fourth-order valence-corrected chi connectivity index (χ4v) is 1.83. The van der Waals surface area contributed by atoms with Crippen molar-refractivity contribution in [2.45, 2.75) is 6.61 Å². The summed E-state index contributed by atoms with van der Waals surface area (Å²) in [6, 6.07) is 10.9. The second-order valence-corrected chi connectivity index (χ2v) is 4.64. The number of hydrogen-bond donors (Lipinski definition) is 0. The SMILES string of the molecule is O=C(OCc1ccc(Oc2cccnc2)cc1)c1cncnc1. The van der Waals surface area contributed by atoms with Gasteiger partial charge in [0.25, 0.3) is 0 Å². The number of esters is 1. The summed E-state index contributed by atoms with van der Waals surface area (Å²) in [6.45, 7) is 0.168. The summed E-state index contributed by atoms with van der Waals surface area (Å²) in [5.41, 5.74) is 1.18. The van der Waals surface area contributed by atoms with E-state index in [4.69, 9.17) is 9.47 Å². The van der Waals surface area contributed by atoms with E-state index in [9.17, 15) is 4.79 Å². The summed E-state index contributed by atoms with van der Waals surface area (Å²) in [5.74, 6) is 0.890. The van der Waals surface area contributed by atoms with Crippen molar-refractivity contribution in [1.82, 2.24) is 15.0 Å².